The van der Waals surface area contributed by atoms with Gasteiger partial charge in [0.25, 0.3) is 5.91 Å². The van der Waals surface area contributed by atoms with Crippen molar-refractivity contribution in [3.05, 3.63) is 34.9 Å². The molecule has 2 aliphatic heterocycles. The first-order valence-electron chi connectivity index (χ1n) is 10.8. The number of hydrogen-bond donors (Lipinski definition) is 0. The molecule has 2 aliphatic rings. The first-order chi connectivity index (χ1) is 14.1. The lowest BCUT2D eigenvalue weighted by Crippen LogP contribution is -2.38. The lowest BCUT2D eigenvalue weighted by Gasteiger charge is -2.26. The summed E-state index contributed by atoms with van der Waals surface area (Å²) in [4.78, 5) is 42.3. The number of nitrogens with zero attached hydrogens (tertiary/aromatic N) is 3. The van der Waals surface area contributed by atoms with Gasteiger partial charge < -0.3 is 19.4 Å². The summed E-state index contributed by atoms with van der Waals surface area (Å²) < 4.78 is 5.50. The molecule has 7 heteroatoms. The molecule has 1 saturated heterocycles. The van der Waals surface area contributed by atoms with Crippen LogP contribution >= 0.6 is 0 Å². The predicted octanol–water partition coefficient (Wildman–Crippen LogP) is 2.72. The first-order valence-corrected chi connectivity index (χ1v) is 10.8. The Morgan fingerprint density at radius 1 is 1.07 bits per heavy atom. The van der Waals surface area contributed by atoms with Gasteiger partial charge in [-0.2, -0.15) is 0 Å². The second kappa shape index (κ2) is 9.06. The number of likely N-dealkylation sites (tertiary alicyclic amines) is 1. The van der Waals surface area contributed by atoms with Crippen molar-refractivity contribution in [2.75, 3.05) is 39.8 Å². The molecule has 7 nitrogen and oxygen atoms in total. The molecular weight excluding hydrogens is 382 g/mol. The van der Waals surface area contributed by atoms with Crippen LogP contribution in [0.5, 0.6) is 0 Å². The van der Waals surface area contributed by atoms with Crippen molar-refractivity contribution in [1.82, 2.24) is 14.7 Å². The molecule has 3 rings (SSSR count). The number of carbonyl (C=O) groups is 3. The van der Waals surface area contributed by atoms with Crippen LogP contribution in [-0.4, -0.2) is 78.0 Å². The highest BCUT2D eigenvalue weighted by atomic mass is 16.6. The van der Waals surface area contributed by atoms with Gasteiger partial charge in [-0.05, 0) is 63.3 Å². The highest BCUT2D eigenvalue weighted by molar-refractivity contribution is 5.94. The first kappa shape index (κ1) is 22.1. The Morgan fingerprint density at radius 3 is 2.40 bits per heavy atom. The Hall–Kier alpha value is -2.57. The minimum Gasteiger partial charge on any atom is -0.444 e. The van der Waals surface area contributed by atoms with Crippen LogP contribution in [-0.2, 0) is 22.4 Å². The van der Waals surface area contributed by atoms with Gasteiger partial charge >= 0.3 is 6.09 Å². The van der Waals surface area contributed by atoms with Crippen LogP contribution in [0.25, 0.3) is 0 Å². The highest BCUT2D eigenvalue weighted by Gasteiger charge is 2.25. The van der Waals surface area contributed by atoms with Crippen LogP contribution in [0.1, 0.15) is 55.1 Å². The molecule has 0 bridgehead atoms. The van der Waals surface area contributed by atoms with Crippen LogP contribution in [0.15, 0.2) is 18.2 Å². The molecule has 1 aromatic carbocycles. The van der Waals surface area contributed by atoms with Crippen molar-refractivity contribution in [3.63, 3.8) is 0 Å². The molecule has 1 aromatic rings. The maximum Gasteiger partial charge on any atom is 0.410 e. The third-order valence-electron chi connectivity index (χ3n) is 5.63. The summed E-state index contributed by atoms with van der Waals surface area (Å²) in [5.74, 6) is 0.133. The number of ether oxygens (including phenoxy) is 1. The zero-order valence-corrected chi connectivity index (χ0v) is 18.6. The third-order valence-corrected chi connectivity index (χ3v) is 5.63. The number of benzene rings is 1. The quantitative estimate of drug-likeness (QED) is 0.758. The number of hydrogen-bond acceptors (Lipinski definition) is 4. The van der Waals surface area contributed by atoms with Gasteiger partial charge in [-0.1, -0.05) is 6.07 Å². The minimum atomic E-state index is -0.514. The molecule has 30 heavy (non-hydrogen) atoms. The van der Waals surface area contributed by atoms with Crippen molar-refractivity contribution >= 4 is 17.9 Å². The fourth-order valence-electron chi connectivity index (χ4n) is 3.90. The standard InChI is InChI=1S/C23H33N3O4/c1-23(2,3)30-22(29)26-12-9-17-7-8-19(16-18(17)10-13-26)21(28)24(4)14-15-25-11-5-6-20(25)27/h7-8,16H,5-6,9-15H2,1-4H3. The Bertz CT molecular complexity index is 815. The molecule has 0 N–H and O–H groups in total. The maximum atomic E-state index is 12.9. The average molecular weight is 416 g/mol. The van der Waals surface area contributed by atoms with E-state index in [4.69, 9.17) is 4.74 Å². The van der Waals surface area contributed by atoms with Crippen LogP contribution in [0.4, 0.5) is 4.79 Å². The van der Waals surface area contributed by atoms with E-state index in [1.165, 1.54) is 5.56 Å². The van der Waals surface area contributed by atoms with Crippen molar-refractivity contribution in [1.29, 1.82) is 0 Å². The second-order valence-corrected chi connectivity index (χ2v) is 9.16. The van der Waals surface area contributed by atoms with E-state index < -0.39 is 5.60 Å². The van der Waals surface area contributed by atoms with Gasteiger partial charge in [0.15, 0.2) is 0 Å². The summed E-state index contributed by atoms with van der Waals surface area (Å²) in [7, 11) is 1.78. The topological polar surface area (TPSA) is 70.2 Å². The minimum absolute atomic E-state index is 0.0438. The monoisotopic (exact) mass is 415 g/mol. The zero-order chi connectivity index (χ0) is 21.9. The fourth-order valence-corrected chi connectivity index (χ4v) is 3.90. The molecule has 2 heterocycles. The number of likely N-dealkylation sites (N-methyl/N-ethyl adjacent to an activating group) is 1. The van der Waals surface area contributed by atoms with E-state index in [1.54, 1.807) is 16.8 Å². The van der Waals surface area contributed by atoms with Crippen molar-refractivity contribution in [2.24, 2.45) is 0 Å². The molecule has 1 fully saturated rings. The molecule has 0 aliphatic carbocycles. The molecule has 0 spiro atoms. The van der Waals surface area contributed by atoms with Gasteiger partial charge in [-0.15, -0.1) is 0 Å². The Labute approximate surface area is 179 Å². The molecule has 0 aromatic heterocycles. The SMILES string of the molecule is CN(CCN1CCCC1=O)C(=O)c1ccc2c(c1)CCN(C(=O)OC(C)(C)C)CC2. The summed E-state index contributed by atoms with van der Waals surface area (Å²) >= 11 is 0. The molecule has 3 amide bonds. The normalized spacial score (nSPS) is 16.9. The third kappa shape index (κ3) is 5.52. The number of carbonyl (C=O) groups excluding carboxylic acids is 3. The van der Waals surface area contributed by atoms with Gasteiger partial charge in [-0.3, -0.25) is 9.59 Å². The van der Waals surface area contributed by atoms with Crippen LogP contribution < -0.4 is 0 Å². The van der Waals surface area contributed by atoms with E-state index in [0.717, 1.165) is 24.9 Å². The smallest absolute Gasteiger partial charge is 0.410 e. The predicted molar refractivity (Wildman–Crippen MR) is 114 cm³/mol. The number of fused-ring (bicyclic) bond motifs is 1. The summed E-state index contributed by atoms with van der Waals surface area (Å²) in [6, 6.07) is 5.81. The van der Waals surface area contributed by atoms with Gasteiger partial charge in [0, 0.05) is 51.8 Å². The Balaban J connectivity index is 1.60. The molecular formula is C23H33N3O4. The van der Waals surface area contributed by atoms with E-state index in [2.05, 4.69) is 0 Å². The summed E-state index contributed by atoms with van der Waals surface area (Å²) in [6.07, 6.45) is 2.67. The van der Waals surface area contributed by atoms with Crippen LogP contribution in [0, 0.1) is 0 Å². The number of rotatable bonds is 4. The molecule has 0 saturated carbocycles. The van der Waals surface area contributed by atoms with Crippen molar-refractivity contribution in [2.45, 2.75) is 52.1 Å². The molecule has 0 radical (unpaired) electrons. The highest BCUT2D eigenvalue weighted by Crippen LogP contribution is 2.20. The lowest BCUT2D eigenvalue weighted by atomic mass is 9.99. The maximum absolute atomic E-state index is 12.9. The van der Waals surface area contributed by atoms with Gasteiger partial charge in [0.1, 0.15) is 5.60 Å². The second-order valence-electron chi connectivity index (χ2n) is 9.16. The Kier molecular flexibility index (Phi) is 6.68. The van der Waals surface area contributed by atoms with Crippen molar-refractivity contribution in [3.8, 4) is 0 Å². The fraction of sp³-hybridized carbons (Fsp3) is 0.609. The summed E-state index contributed by atoms with van der Waals surface area (Å²) in [5.41, 5.74) is 2.41. The van der Waals surface area contributed by atoms with Gasteiger partial charge in [-0.25, -0.2) is 4.79 Å². The van der Waals surface area contributed by atoms with E-state index in [-0.39, 0.29) is 17.9 Å². The van der Waals surface area contributed by atoms with Crippen LogP contribution in [0.3, 0.4) is 0 Å². The largest absolute Gasteiger partial charge is 0.444 e. The van der Waals surface area contributed by atoms with E-state index in [9.17, 15) is 14.4 Å². The number of amides is 3. The summed E-state index contributed by atoms with van der Waals surface area (Å²) in [6.45, 7) is 8.67. The molecule has 0 unspecified atom stereocenters. The van der Waals surface area contributed by atoms with E-state index in [1.807, 2.05) is 43.9 Å². The van der Waals surface area contributed by atoms with Gasteiger partial charge in [0.2, 0.25) is 5.91 Å². The van der Waals surface area contributed by atoms with Gasteiger partial charge in [0.05, 0.1) is 0 Å². The molecule has 0 atom stereocenters. The van der Waals surface area contributed by atoms with Crippen LogP contribution in [0.2, 0.25) is 0 Å². The average Bonchev–Trinajstić information content (AvgIpc) is 2.96. The lowest BCUT2D eigenvalue weighted by molar-refractivity contribution is -0.127. The summed E-state index contributed by atoms with van der Waals surface area (Å²) in [5, 5.41) is 0. The van der Waals surface area contributed by atoms with E-state index >= 15 is 0 Å². The van der Waals surface area contributed by atoms with Crippen molar-refractivity contribution < 1.29 is 19.1 Å². The molecule has 164 valence electrons. The Morgan fingerprint density at radius 2 is 1.77 bits per heavy atom. The van der Waals surface area contributed by atoms with E-state index in [0.29, 0.717) is 44.6 Å². The zero-order valence-electron chi connectivity index (χ0n) is 18.6.